The van der Waals surface area contributed by atoms with Crippen LogP contribution in [0.2, 0.25) is 0 Å². The molecule has 1 heterocycles. The lowest BCUT2D eigenvalue weighted by atomic mass is 10.4. The lowest BCUT2D eigenvalue weighted by Crippen LogP contribution is -2.27. The molecule has 4 heteroatoms. The topological polar surface area (TPSA) is 40.5 Å². The predicted octanol–water partition coefficient (Wildman–Crippen LogP) is 0.384. The molecule has 1 N–H and O–H groups in total. The molecule has 0 bridgehead atoms. The SMILES string of the molecule is O=C(O)CN1CC[C@H](Cl)C1. The Morgan fingerprint density at radius 3 is 2.90 bits per heavy atom. The minimum Gasteiger partial charge on any atom is -0.480 e. The standard InChI is InChI=1S/C6H10ClNO2/c7-5-1-2-8(3-5)4-6(9)10/h5H,1-4H2,(H,9,10)/t5-/m0/s1. The van der Waals surface area contributed by atoms with Crippen LogP contribution in [-0.4, -0.2) is 41.0 Å². The van der Waals surface area contributed by atoms with Crippen LogP contribution in [0.4, 0.5) is 0 Å². The first-order chi connectivity index (χ1) is 4.68. The zero-order valence-corrected chi connectivity index (χ0v) is 6.34. The minimum absolute atomic E-state index is 0.128. The molecule has 0 aromatic rings. The normalized spacial score (nSPS) is 27.1. The average Bonchev–Trinajstić information content (AvgIpc) is 2.13. The lowest BCUT2D eigenvalue weighted by molar-refractivity contribution is -0.138. The number of alkyl halides is 1. The molecule has 1 aliphatic heterocycles. The molecule has 0 aromatic carbocycles. The second-order valence-electron chi connectivity index (χ2n) is 2.51. The third-order valence-corrected chi connectivity index (χ3v) is 1.93. The molecule has 1 saturated heterocycles. The molecule has 0 aromatic heterocycles. The molecule has 0 spiro atoms. The monoisotopic (exact) mass is 163 g/mol. The molecule has 0 amide bonds. The van der Waals surface area contributed by atoms with Crippen molar-refractivity contribution in [2.45, 2.75) is 11.8 Å². The summed E-state index contributed by atoms with van der Waals surface area (Å²) < 4.78 is 0. The Kier molecular flexibility index (Phi) is 2.51. The number of carbonyl (C=O) groups is 1. The number of likely N-dealkylation sites (tertiary alicyclic amines) is 1. The van der Waals surface area contributed by atoms with Crippen LogP contribution in [-0.2, 0) is 4.79 Å². The molecule has 1 atom stereocenters. The van der Waals surface area contributed by atoms with Gasteiger partial charge in [-0.2, -0.15) is 0 Å². The van der Waals surface area contributed by atoms with Gasteiger partial charge in [-0.3, -0.25) is 9.69 Å². The van der Waals surface area contributed by atoms with Crippen LogP contribution < -0.4 is 0 Å². The van der Waals surface area contributed by atoms with Crippen molar-refractivity contribution in [2.75, 3.05) is 19.6 Å². The molecule has 58 valence electrons. The second-order valence-corrected chi connectivity index (χ2v) is 3.13. The van der Waals surface area contributed by atoms with Crippen LogP contribution in [0.1, 0.15) is 6.42 Å². The van der Waals surface area contributed by atoms with Gasteiger partial charge >= 0.3 is 5.97 Å². The summed E-state index contributed by atoms with van der Waals surface area (Å²) in [6.45, 7) is 1.66. The molecular weight excluding hydrogens is 154 g/mol. The van der Waals surface area contributed by atoms with Crippen LogP contribution in [0, 0.1) is 0 Å². The summed E-state index contributed by atoms with van der Waals surface area (Å²) in [4.78, 5) is 12.0. The molecule has 1 rings (SSSR count). The zero-order chi connectivity index (χ0) is 7.56. The van der Waals surface area contributed by atoms with E-state index in [1.165, 1.54) is 0 Å². The van der Waals surface area contributed by atoms with E-state index >= 15 is 0 Å². The molecule has 3 nitrogen and oxygen atoms in total. The fourth-order valence-corrected chi connectivity index (χ4v) is 1.41. The largest absolute Gasteiger partial charge is 0.480 e. The van der Waals surface area contributed by atoms with Gasteiger partial charge in [-0.05, 0) is 6.42 Å². The highest BCUT2D eigenvalue weighted by Crippen LogP contribution is 2.13. The van der Waals surface area contributed by atoms with Gasteiger partial charge in [-0.25, -0.2) is 0 Å². The van der Waals surface area contributed by atoms with Gasteiger partial charge in [0.1, 0.15) is 0 Å². The van der Waals surface area contributed by atoms with E-state index < -0.39 is 5.97 Å². The number of hydrogen-bond donors (Lipinski definition) is 1. The van der Waals surface area contributed by atoms with Crippen molar-refractivity contribution in [2.24, 2.45) is 0 Å². The maximum Gasteiger partial charge on any atom is 0.317 e. The van der Waals surface area contributed by atoms with Crippen molar-refractivity contribution >= 4 is 17.6 Å². The molecule has 0 unspecified atom stereocenters. The maximum atomic E-state index is 10.2. The van der Waals surface area contributed by atoms with Crippen LogP contribution in [0.3, 0.4) is 0 Å². The van der Waals surface area contributed by atoms with Crippen molar-refractivity contribution in [3.05, 3.63) is 0 Å². The first-order valence-corrected chi connectivity index (χ1v) is 3.70. The summed E-state index contributed by atoms with van der Waals surface area (Å²) in [6.07, 6.45) is 0.912. The number of hydrogen-bond acceptors (Lipinski definition) is 2. The van der Waals surface area contributed by atoms with Gasteiger partial charge in [0.2, 0.25) is 0 Å². The van der Waals surface area contributed by atoms with Crippen LogP contribution in [0.15, 0.2) is 0 Å². The molecule has 1 fully saturated rings. The number of aliphatic carboxylic acids is 1. The smallest absolute Gasteiger partial charge is 0.317 e. The van der Waals surface area contributed by atoms with Gasteiger partial charge in [-0.15, -0.1) is 11.6 Å². The Labute approximate surface area is 64.6 Å². The number of carboxylic acids is 1. The maximum absolute atomic E-state index is 10.2. The second kappa shape index (κ2) is 3.21. The summed E-state index contributed by atoms with van der Waals surface area (Å²) in [7, 11) is 0. The van der Waals surface area contributed by atoms with Gasteiger partial charge in [0, 0.05) is 18.5 Å². The molecule has 0 saturated carbocycles. The van der Waals surface area contributed by atoms with E-state index in [1.807, 2.05) is 4.90 Å². The summed E-state index contributed by atoms with van der Waals surface area (Å²) >= 11 is 5.76. The number of nitrogens with zero attached hydrogens (tertiary/aromatic N) is 1. The van der Waals surface area contributed by atoms with E-state index in [-0.39, 0.29) is 11.9 Å². The van der Waals surface area contributed by atoms with Crippen molar-refractivity contribution in [3.63, 3.8) is 0 Å². The van der Waals surface area contributed by atoms with Gasteiger partial charge in [-0.1, -0.05) is 0 Å². The Bertz CT molecular complexity index is 140. The average molecular weight is 164 g/mol. The summed E-state index contributed by atoms with van der Waals surface area (Å²) in [5, 5.41) is 8.53. The highest BCUT2D eigenvalue weighted by Gasteiger charge is 2.21. The first kappa shape index (κ1) is 7.82. The third kappa shape index (κ3) is 2.15. The zero-order valence-electron chi connectivity index (χ0n) is 5.59. The molecule has 0 aliphatic carbocycles. The third-order valence-electron chi connectivity index (χ3n) is 1.57. The molecule has 10 heavy (non-hydrogen) atoms. The Balaban J connectivity index is 2.24. The number of rotatable bonds is 2. The summed E-state index contributed by atoms with van der Waals surface area (Å²) in [5.74, 6) is -0.772. The van der Waals surface area contributed by atoms with E-state index in [2.05, 4.69) is 0 Å². The van der Waals surface area contributed by atoms with Crippen molar-refractivity contribution in [3.8, 4) is 0 Å². The predicted molar refractivity (Wildman–Crippen MR) is 38.3 cm³/mol. The Morgan fingerprint density at radius 2 is 2.50 bits per heavy atom. The van der Waals surface area contributed by atoms with Gasteiger partial charge < -0.3 is 5.11 Å². The van der Waals surface area contributed by atoms with E-state index in [9.17, 15) is 4.79 Å². The summed E-state index contributed by atoms with van der Waals surface area (Å²) in [6, 6.07) is 0. The van der Waals surface area contributed by atoms with E-state index in [4.69, 9.17) is 16.7 Å². The fourth-order valence-electron chi connectivity index (χ4n) is 1.12. The first-order valence-electron chi connectivity index (χ1n) is 3.26. The van der Waals surface area contributed by atoms with Gasteiger partial charge in [0.05, 0.1) is 6.54 Å². The number of carboxylic acid groups (broad SMARTS) is 1. The van der Waals surface area contributed by atoms with E-state index in [0.29, 0.717) is 6.54 Å². The van der Waals surface area contributed by atoms with Crippen molar-refractivity contribution in [1.82, 2.24) is 4.90 Å². The number of halogens is 1. The highest BCUT2D eigenvalue weighted by molar-refractivity contribution is 6.20. The molecule has 1 aliphatic rings. The van der Waals surface area contributed by atoms with Crippen molar-refractivity contribution in [1.29, 1.82) is 0 Å². The quantitative estimate of drug-likeness (QED) is 0.599. The fraction of sp³-hybridized carbons (Fsp3) is 0.833. The van der Waals surface area contributed by atoms with Crippen LogP contribution in [0.5, 0.6) is 0 Å². The minimum atomic E-state index is -0.772. The van der Waals surface area contributed by atoms with E-state index in [1.54, 1.807) is 0 Å². The van der Waals surface area contributed by atoms with Crippen LogP contribution in [0.25, 0.3) is 0 Å². The van der Waals surface area contributed by atoms with E-state index in [0.717, 1.165) is 13.0 Å². The van der Waals surface area contributed by atoms with Gasteiger partial charge in [0.15, 0.2) is 0 Å². The summed E-state index contributed by atoms with van der Waals surface area (Å²) in [5.41, 5.74) is 0. The lowest BCUT2D eigenvalue weighted by Gasteiger charge is -2.09. The van der Waals surface area contributed by atoms with Crippen LogP contribution >= 0.6 is 11.6 Å². The molecule has 0 radical (unpaired) electrons. The Morgan fingerprint density at radius 1 is 1.80 bits per heavy atom. The van der Waals surface area contributed by atoms with Crippen molar-refractivity contribution < 1.29 is 9.90 Å². The highest BCUT2D eigenvalue weighted by atomic mass is 35.5. The Hall–Kier alpha value is -0.280. The molecular formula is C6H10ClNO2. The van der Waals surface area contributed by atoms with Gasteiger partial charge in [0.25, 0.3) is 0 Å².